The van der Waals surface area contributed by atoms with Gasteiger partial charge in [0.2, 0.25) is 0 Å². The molecule has 1 fully saturated rings. The molecule has 0 saturated heterocycles. The summed E-state index contributed by atoms with van der Waals surface area (Å²) in [5, 5.41) is 0. The van der Waals surface area contributed by atoms with Crippen LogP contribution in [0.2, 0.25) is 0 Å². The van der Waals surface area contributed by atoms with E-state index in [1.165, 1.54) is 11.1 Å². The van der Waals surface area contributed by atoms with E-state index in [2.05, 4.69) is 24.3 Å². The molecule has 43 heavy (non-hydrogen) atoms. The maximum Gasteiger partial charge on any atom is 0.310 e. The Labute approximate surface area is 255 Å². The van der Waals surface area contributed by atoms with Crippen LogP contribution in [0.1, 0.15) is 111 Å². The summed E-state index contributed by atoms with van der Waals surface area (Å²) in [5.41, 5.74) is 5.82. The highest BCUT2D eigenvalue weighted by Gasteiger charge is 2.31. The molecule has 5 rings (SSSR count). The molecule has 0 bridgehead atoms. The second-order valence-electron chi connectivity index (χ2n) is 13.5. The van der Waals surface area contributed by atoms with Crippen LogP contribution in [0.3, 0.4) is 0 Å². The number of ether oxygens (including phenoxy) is 2. The van der Waals surface area contributed by atoms with Crippen molar-refractivity contribution in [3.8, 4) is 5.75 Å². The van der Waals surface area contributed by atoms with E-state index in [4.69, 9.17) is 9.47 Å². The van der Waals surface area contributed by atoms with E-state index in [0.717, 1.165) is 53.7 Å². The standard InChI is InChI=1S/C37H44O6/c1-37(2,3)43-35(40)22-24-10-12-26-13-11-25(21-29(26)20-24)23-42-34-9-5-7-32-31(34)19-17-28(36(32)41)15-14-27-16-18-30(38)6-4-8-33(27)39/h5,7,9-11,13,21,27-28H,4,6,8,12,14-20,22-23H2,1-3H3. The number of rotatable bonds is 8. The van der Waals surface area contributed by atoms with Crippen LogP contribution in [0.5, 0.6) is 5.75 Å². The highest BCUT2D eigenvalue weighted by atomic mass is 16.6. The maximum atomic E-state index is 13.5. The van der Waals surface area contributed by atoms with E-state index in [0.29, 0.717) is 58.0 Å². The first-order valence-corrected chi connectivity index (χ1v) is 15.9. The van der Waals surface area contributed by atoms with Gasteiger partial charge in [0.1, 0.15) is 29.5 Å². The molecular weight excluding hydrogens is 540 g/mol. The molecule has 0 aliphatic heterocycles. The Morgan fingerprint density at radius 2 is 1.70 bits per heavy atom. The summed E-state index contributed by atoms with van der Waals surface area (Å²) in [7, 11) is 0. The number of hydrogen-bond donors (Lipinski definition) is 0. The number of esters is 1. The first kappa shape index (κ1) is 30.9. The molecule has 0 spiro atoms. The number of fused-ring (bicyclic) bond motifs is 2. The summed E-state index contributed by atoms with van der Waals surface area (Å²) in [4.78, 5) is 50.4. The van der Waals surface area contributed by atoms with Crippen LogP contribution in [-0.4, -0.2) is 28.9 Å². The lowest BCUT2D eigenvalue weighted by Crippen LogP contribution is -2.25. The molecule has 0 aromatic heterocycles. The van der Waals surface area contributed by atoms with Crippen LogP contribution in [0.15, 0.2) is 48.0 Å². The first-order chi connectivity index (χ1) is 20.6. The molecule has 0 amide bonds. The fourth-order valence-corrected chi connectivity index (χ4v) is 6.69. The fraction of sp³-hybridized carbons (Fsp3) is 0.514. The molecule has 2 atom stereocenters. The normalized spacial score (nSPS) is 20.8. The molecule has 2 aromatic rings. The van der Waals surface area contributed by atoms with Crippen LogP contribution in [0.4, 0.5) is 0 Å². The van der Waals surface area contributed by atoms with E-state index in [-0.39, 0.29) is 35.2 Å². The van der Waals surface area contributed by atoms with Crippen molar-refractivity contribution in [2.45, 2.75) is 110 Å². The summed E-state index contributed by atoms with van der Waals surface area (Å²) in [6.45, 7) is 6.05. The van der Waals surface area contributed by atoms with Crippen molar-refractivity contribution < 1.29 is 28.7 Å². The van der Waals surface area contributed by atoms with E-state index >= 15 is 0 Å². The monoisotopic (exact) mass is 584 g/mol. The van der Waals surface area contributed by atoms with Gasteiger partial charge < -0.3 is 9.47 Å². The number of allylic oxidation sites excluding steroid dienone is 1. The Kier molecular flexibility index (Phi) is 9.63. The highest BCUT2D eigenvalue weighted by molar-refractivity contribution is 6.00. The van der Waals surface area contributed by atoms with Gasteiger partial charge in [-0.25, -0.2) is 0 Å². The molecule has 6 nitrogen and oxygen atoms in total. The summed E-state index contributed by atoms with van der Waals surface area (Å²) >= 11 is 0. The lowest BCUT2D eigenvalue weighted by Gasteiger charge is -2.27. The van der Waals surface area contributed by atoms with Gasteiger partial charge >= 0.3 is 5.97 Å². The van der Waals surface area contributed by atoms with Crippen molar-refractivity contribution in [1.29, 1.82) is 0 Å². The zero-order valence-electron chi connectivity index (χ0n) is 25.8. The second-order valence-corrected chi connectivity index (χ2v) is 13.5. The van der Waals surface area contributed by atoms with Crippen LogP contribution in [0.25, 0.3) is 0 Å². The third kappa shape index (κ3) is 8.10. The van der Waals surface area contributed by atoms with Crippen molar-refractivity contribution in [2.75, 3.05) is 0 Å². The molecule has 6 heteroatoms. The Morgan fingerprint density at radius 3 is 2.51 bits per heavy atom. The molecule has 228 valence electrons. The third-order valence-corrected chi connectivity index (χ3v) is 8.97. The Hall–Kier alpha value is -3.54. The lowest BCUT2D eigenvalue weighted by molar-refractivity contribution is -0.154. The summed E-state index contributed by atoms with van der Waals surface area (Å²) in [6, 6.07) is 12.1. The molecule has 0 N–H and O–H groups in total. The van der Waals surface area contributed by atoms with E-state index < -0.39 is 5.60 Å². The van der Waals surface area contributed by atoms with Crippen molar-refractivity contribution in [3.05, 3.63) is 75.9 Å². The number of carbonyl (C=O) groups excluding carboxylic acids is 4. The van der Waals surface area contributed by atoms with Gasteiger partial charge in [-0.15, -0.1) is 0 Å². The topological polar surface area (TPSA) is 86.7 Å². The average Bonchev–Trinajstić information content (AvgIpc) is 2.95. The van der Waals surface area contributed by atoms with E-state index in [1.807, 2.05) is 39.0 Å². The van der Waals surface area contributed by atoms with Gasteiger partial charge in [0, 0.05) is 42.2 Å². The van der Waals surface area contributed by atoms with Crippen molar-refractivity contribution in [3.63, 3.8) is 0 Å². The Balaban J connectivity index is 1.18. The summed E-state index contributed by atoms with van der Waals surface area (Å²) < 4.78 is 11.8. The van der Waals surface area contributed by atoms with Crippen LogP contribution in [0, 0.1) is 11.8 Å². The van der Waals surface area contributed by atoms with Crippen LogP contribution >= 0.6 is 0 Å². The van der Waals surface area contributed by atoms with Crippen LogP contribution in [-0.2, 0) is 45.0 Å². The number of carbonyl (C=O) groups is 4. The molecule has 0 radical (unpaired) electrons. The minimum absolute atomic E-state index is 0.0970. The number of hydrogen-bond acceptors (Lipinski definition) is 6. The van der Waals surface area contributed by atoms with Crippen molar-refractivity contribution in [2.24, 2.45) is 11.8 Å². The maximum absolute atomic E-state index is 13.5. The molecule has 3 aliphatic carbocycles. The Bertz CT molecular complexity index is 1430. The minimum atomic E-state index is -0.492. The molecular formula is C37H44O6. The molecule has 0 heterocycles. The second kappa shape index (κ2) is 13.4. The zero-order valence-corrected chi connectivity index (χ0v) is 25.8. The SMILES string of the molecule is CC(C)(C)OC(=O)CC1=CCc2ccc(COc3cccc4c3CCC(CCC3CCC(=O)CCCC3=O)C4=O)cc2C1. The molecule has 1 saturated carbocycles. The summed E-state index contributed by atoms with van der Waals surface area (Å²) in [6.07, 6.45) is 9.61. The van der Waals surface area contributed by atoms with Gasteiger partial charge in [-0.3, -0.25) is 19.2 Å². The van der Waals surface area contributed by atoms with Gasteiger partial charge in [-0.05, 0) is 94.9 Å². The quantitative estimate of drug-likeness (QED) is 0.240. The van der Waals surface area contributed by atoms with Crippen molar-refractivity contribution in [1.82, 2.24) is 0 Å². The van der Waals surface area contributed by atoms with Gasteiger partial charge in [-0.1, -0.05) is 42.0 Å². The summed E-state index contributed by atoms with van der Waals surface area (Å²) in [5.74, 6) is 0.999. The number of Topliss-reactive ketones (excluding diaryl/α,β-unsaturated/α-hetero) is 3. The first-order valence-electron chi connectivity index (χ1n) is 15.9. The predicted molar refractivity (Wildman–Crippen MR) is 165 cm³/mol. The third-order valence-electron chi connectivity index (χ3n) is 8.97. The molecule has 2 unspecified atom stereocenters. The zero-order chi connectivity index (χ0) is 30.6. The number of ketones is 3. The minimum Gasteiger partial charge on any atom is -0.489 e. The molecule has 2 aromatic carbocycles. The Morgan fingerprint density at radius 1 is 0.907 bits per heavy atom. The highest BCUT2D eigenvalue weighted by Crippen LogP contribution is 2.36. The smallest absolute Gasteiger partial charge is 0.310 e. The lowest BCUT2D eigenvalue weighted by atomic mass is 9.77. The van der Waals surface area contributed by atoms with Crippen LogP contribution < -0.4 is 4.74 Å². The molecule has 3 aliphatic rings. The van der Waals surface area contributed by atoms with Gasteiger partial charge in [0.25, 0.3) is 0 Å². The van der Waals surface area contributed by atoms with E-state index in [9.17, 15) is 19.2 Å². The predicted octanol–water partition coefficient (Wildman–Crippen LogP) is 7.27. The van der Waals surface area contributed by atoms with Crippen molar-refractivity contribution >= 4 is 23.3 Å². The number of benzene rings is 2. The average molecular weight is 585 g/mol. The van der Waals surface area contributed by atoms with Gasteiger partial charge in [0.15, 0.2) is 5.78 Å². The van der Waals surface area contributed by atoms with Gasteiger partial charge in [-0.2, -0.15) is 0 Å². The van der Waals surface area contributed by atoms with E-state index in [1.54, 1.807) is 0 Å². The van der Waals surface area contributed by atoms with Gasteiger partial charge in [0.05, 0.1) is 6.42 Å². The fourth-order valence-electron chi connectivity index (χ4n) is 6.69. The largest absolute Gasteiger partial charge is 0.489 e.